The van der Waals surface area contributed by atoms with Crippen LogP contribution in [0.1, 0.15) is 43.9 Å². The number of nitrogens with zero attached hydrogens (tertiary/aromatic N) is 3. The zero-order valence-electron chi connectivity index (χ0n) is 15.0. The summed E-state index contributed by atoms with van der Waals surface area (Å²) in [4.78, 5) is 11.2. The van der Waals surface area contributed by atoms with Gasteiger partial charge in [-0.25, -0.2) is 4.98 Å². The molecular formula is C19H23F3N4. The number of aromatic nitrogens is 2. The van der Waals surface area contributed by atoms with E-state index in [0.717, 1.165) is 37.6 Å². The Hall–Kier alpha value is -2.31. The van der Waals surface area contributed by atoms with Crippen molar-refractivity contribution in [1.29, 1.82) is 0 Å². The number of anilines is 3. The molecule has 0 spiro atoms. The highest BCUT2D eigenvalue weighted by molar-refractivity contribution is 5.62. The average Bonchev–Trinajstić information content (AvgIpc) is 2.60. The van der Waals surface area contributed by atoms with Gasteiger partial charge in [0.25, 0.3) is 0 Å². The Balaban J connectivity index is 1.92. The highest BCUT2D eigenvalue weighted by Gasteiger charge is 2.33. The first kappa shape index (κ1) is 18.5. The first-order chi connectivity index (χ1) is 12.4. The third-order valence-corrected chi connectivity index (χ3v) is 4.69. The maximum Gasteiger partial charge on any atom is 0.418 e. The van der Waals surface area contributed by atoms with Crippen molar-refractivity contribution in [2.75, 3.05) is 16.8 Å². The van der Waals surface area contributed by atoms with Crippen LogP contribution in [0.3, 0.4) is 0 Å². The molecule has 0 radical (unpaired) electrons. The molecule has 0 aliphatic carbocycles. The smallest absolute Gasteiger partial charge is 0.340 e. The number of aryl methyl sites for hydroxylation is 1. The molecule has 1 unspecified atom stereocenters. The van der Waals surface area contributed by atoms with Gasteiger partial charge in [0.05, 0.1) is 11.3 Å². The molecule has 4 nitrogen and oxygen atoms in total. The van der Waals surface area contributed by atoms with E-state index in [-0.39, 0.29) is 5.69 Å². The van der Waals surface area contributed by atoms with E-state index in [1.807, 2.05) is 6.92 Å². The zero-order chi connectivity index (χ0) is 18.7. The van der Waals surface area contributed by atoms with Crippen LogP contribution in [0.25, 0.3) is 0 Å². The van der Waals surface area contributed by atoms with Crippen LogP contribution in [-0.2, 0) is 6.18 Å². The lowest BCUT2D eigenvalue weighted by atomic mass is 10.0. The zero-order valence-corrected chi connectivity index (χ0v) is 15.0. The van der Waals surface area contributed by atoms with Gasteiger partial charge >= 0.3 is 6.18 Å². The van der Waals surface area contributed by atoms with Crippen LogP contribution < -0.4 is 10.2 Å². The van der Waals surface area contributed by atoms with Crippen LogP contribution in [-0.4, -0.2) is 22.6 Å². The Labute approximate surface area is 151 Å². The van der Waals surface area contributed by atoms with Crippen molar-refractivity contribution in [1.82, 2.24) is 9.97 Å². The third kappa shape index (κ3) is 4.08. The molecule has 1 aromatic carbocycles. The summed E-state index contributed by atoms with van der Waals surface area (Å²) in [5.74, 6) is 0.966. The molecule has 2 aromatic rings. The molecular weight excluding hydrogens is 341 g/mol. The molecule has 26 heavy (non-hydrogen) atoms. The van der Waals surface area contributed by atoms with E-state index in [2.05, 4.69) is 27.1 Å². The molecule has 0 saturated carbocycles. The van der Waals surface area contributed by atoms with Gasteiger partial charge in [0, 0.05) is 24.3 Å². The number of rotatable bonds is 4. The summed E-state index contributed by atoms with van der Waals surface area (Å²) in [6, 6.07) is 7.47. The standard InChI is InChI=1S/C19H23F3N4/c1-3-14-8-6-7-11-26(14)18-23-13(2)12-17(25-18)24-16-10-5-4-9-15(16)19(20,21)22/h4-5,9-10,12,14H,3,6-8,11H2,1-2H3,(H,23,24,25). The molecule has 1 aromatic heterocycles. The fraction of sp³-hybridized carbons (Fsp3) is 0.474. The number of piperidine rings is 1. The van der Waals surface area contributed by atoms with Crippen molar-refractivity contribution in [2.24, 2.45) is 0 Å². The first-order valence-electron chi connectivity index (χ1n) is 8.94. The van der Waals surface area contributed by atoms with Crippen molar-refractivity contribution >= 4 is 17.5 Å². The highest BCUT2D eigenvalue weighted by atomic mass is 19.4. The molecule has 0 bridgehead atoms. The number of hydrogen-bond donors (Lipinski definition) is 1. The van der Waals surface area contributed by atoms with Gasteiger partial charge in [-0.05, 0) is 44.7 Å². The van der Waals surface area contributed by atoms with E-state index in [0.29, 0.717) is 17.8 Å². The molecule has 1 atom stereocenters. The fourth-order valence-electron chi connectivity index (χ4n) is 3.41. The van der Waals surface area contributed by atoms with Crippen molar-refractivity contribution in [3.63, 3.8) is 0 Å². The normalized spacial score (nSPS) is 18.0. The van der Waals surface area contributed by atoms with Gasteiger partial charge in [-0.3, -0.25) is 0 Å². The van der Waals surface area contributed by atoms with Gasteiger partial charge in [-0.1, -0.05) is 19.1 Å². The summed E-state index contributed by atoms with van der Waals surface area (Å²) in [7, 11) is 0. The summed E-state index contributed by atoms with van der Waals surface area (Å²) in [5.41, 5.74) is 0.0133. The summed E-state index contributed by atoms with van der Waals surface area (Å²) in [6.45, 7) is 4.84. The lowest BCUT2D eigenvalue weighted by molar-refractivity contribution is -0.136. The average molecular weight is 364 g/mol. The number of benzene rings is 1. The molecule has 2 heterocycles. The van der Waals surface area contributed by atoms with Crippen LogP contribution in [0.4, 0.5) is 30.6 Å². The van der Waals surface area contributed by atoms with E-state index in [9.17, 15) is 13.2 Å². The maximum atomic E-state index is 13.2. The van der Waals surface area contributed by atoms with Crippen LogP contribution in [0.15, 0.2) is 30.3 Å². The first-order valence-corrected chi connectivity index (χ1v) is 8.94. The Kier molecular flexibility index (Phi) is 5.34. The minimum atomic E-state index is -4.42. The third-order valence-electron chi connectivity index (χ3n) is 4.69. The number of para-hydroxylation sites is 1. The molecule has 1 N–H and O–H groups in total. The van der Waals surface area contributed by atoms with Crippen molar-refractivity contribution in [3.8, 4) is 0 Å². The number of halogens is 3. The second-order valence-corrected chi connectivity index (χ2v) is 6.61. The van der Waals surface area contributed by atoms with Crippen LogP contribution in [0.2, 0.25) is 0 Å². The fourth-order valence-corrected chi connectivity index (χ4v) is 3.41. The number of hydrogen-bond acceptors (Lipinski definition) is 4. The van der Waals surface area contributed by atoms with E-state index in [1.54, 1.807) is 12.1 Å². The Bertz CT molecular complexity index is 761. The van der Waals surface area contributed by atoms with E-state index >= 15 is 0 Å². The van der Waals surface area contributed by atoms with Crippen LogP contribution in [0.5, 0.6) is 0 Å². The topological polar surface area (TPSA) is 41.1 Å². The molecule has 140 valence electrons. The lowest BCUT2D eigenvalue weighted by Gasteiger charge is -2.35. The Morgan fingerprint density at radius 1 is 1.19 bits per heavy atom. The SMILES string of the molecule is CCC1CCCCN1c1nc(C)cc(Nc2ccccc2C(F)(F)F)n1. The minimum absolute atomic E-state index is 0.00487. The van der Waals surface area contributed by atoms with Crippen molar-refractivity contribution in [2.45, 2.75) is 51.7 Å². The predicted molar refractivity (Wildman–Crippen MR) is 96.8 cm³/mol. The van der Waals surface area contributed by atoms with E-state index in [1.165, 1.54) is 18.6 Å². The lowest BCUT2D eigenvalue weighted by Crippen LogP contribution is -2.40. The summed E-state index contributed by atoms with van der Waals surface area (Å²) in [5, 5.41) is 2.83. The quantitative estimate of drug-likeness (QED) is 0.797. The second kappa shape index (κ2) is 7.51. The van der Waals surface area contributed by atoms with E-state index in [4.69, 9.17) is 0 Å². The highest BCUT2D eigenvalue weighted by Crippen LogP contribution is 2.36. The van der Waals surface area contributed by atoms with Crippen molar-refractivity contribution in [3.05, 3.63) is 41.6 Å². The molecule has 3 rings (SSSR count). The van der Waals surface area contributed by atoms with E-state index < -0.39 is 11.7 Å². The monoisotopic (exact) mass is 364 g/mol. The predicted octanol–water partition coefficient (Wildman–Crippen LogP) is 5.32. The molecule has 0 amide bonds. The summed E-state index contributed by atoms with van der Waals surface area (Å²) in [6.07, 6.45) is -0.0719. The summed E-state index contributed by atoms with van der Waals surface area (Å²) >= 11 is 0. The Morgan fingerprint density at radius 2 is 1.96 bits per heavy atom. The summed E-state index contributed by atoms with van der Waals surface area (Å²) < 4.78 is 39.6. The van der Waals surface area contributed by atoms with Gasteiger partial charge in [0.15, 0.2) is 0 Å². The van der Waals surface area contributed by atoms with Gasteiger partial charge in [0.2, 0.25) is 5.95 Å². The minimum Gasteiger partial charge on any atom is -0.340 e. The molecule has 1 aliphatic rings. The van der Waals surface area contributed by atoms with Gasteiger partial charge in [-0.15, -0.1) is 0 Å². The molecule has 1 fully saturated rings. The van der Waals surface area contributed by atoms with Crippen molar-refractivity contribution < 1.29 is 13.2 Å². The van der Waals surface area contributed by atoms with Gasteiger partial charge < -0.3 is 10.2 Å². The number of nitrogens with one attached hydrogen (secondary N) is 1. The van der Waals surface area contributed by atoms with Gasteiger partial charge in [0.1, 0.15) is 5.82 Å². The van der Waals surface area contributed by atoms with Crippen LogP contribution in [0, 0.1) is 6.92 Å². The maximum absolute atomic E-state index is 13.2. The largest absolute Gasteiger partial charge is 0.418 e. The molecule has 1 aliphatic heterocycles. The molecule has 1 saturated heterocycles. The van der Waals surface area contributed by atoms with Crippen LogP contribution >= 0.6 is 0 Å². The number of alkyl halides is 3. The van der Waals surface area contributed by atoms with Gasteiger partial charge in [-0.2, -0.15) is 18.2 Å². The molecule has 7 heteroatoms. The Morgan fingerprint density at radius 3 is 2.69 bits per heavy atom. The second-order valence-electron chi connectivity index (χ2n) is 6.61.